The van der Waals surface area contributed by atoms with E-state index in [1.54, 1.807) is 6.20 Å². The first kappa shape index (κ1) is 18.2. The first-order chi connectivity index (χ1) is 10.1. The molecular formula is C16H23ClN4O. The van der Waals surface area contributed by atoms with Gasteiger partial charge in [0.05, 0.1) is 11.7 Å². The van der Waals surface area contributed by atoms with Crippen LogP contribution in [0.3, 0.4) is 0 Å². The molecule has 1 aromatic carbocycles. The lowest BCUT2D eigenvalue weighted by Gasteiger charge is -2.20. The summed E-state index contributed by atoms with van der Waals surface area (Å²) in [6.07, 6.45) is 3.64. The number of carbonyl (C=O) groups excluding carboxylic acids is 1. The Morgan fingerprint density at radius 1 is 1.27 bits per heavy atom. The molecule has 0 saturated carbocycles. The van der Waals surface area contributed by atoms with Gasteiger partial charge < -0.3 is 10.6 Å². The molecule has 2 rings (SSSR count). The third-order valence-corrected chi connectivity index (χ3v) is 3.47. The number of nitrogens with one attached hydrogen (secondary N) is 2. The number of aromatic nitrogens is 2. The Kier molecular flexibility index (Phi) is 7.08. The predicted molar refractivity (Wildman–Crippen MR) is 90.5 cm³/mol. The van der Waals surface area contributed by atoms with Crippen LogP contribution < -0.4 is 10.6 Å². The summed E-state index contributed by atoms with van der Waals surface area (Å²) >= 11 is 0. The molecule has 2 atom stereocenters. The normalized spacial score (nSPS) is 13.0. The Bertz CT molecular complexity index is 586. The van der Waals surface area contributed by atoms with E-state index < -0.39 is 0 Å². The molecule has 0 radical (unpaired) electrons. The van der Waals surface area contributed by atoms with Gasteiger partial charge in [-0.3, -0.25) is 4.79 Å². The summed E-state index contributed by atoms with van der Waals surface area (Å²) in [5, 5.41) is 10.4. The molecule has 0 saturated heterocycles. The van der Waals surface area contributed by atoms with Crippen molar-refractivity contribution in [3.63, 3.8) is 0 Å². The molecule has 2 N–H and O–H groups in total. The van der Waals surface area contributed by atoms with E-state index in [1.165, 1.54) is 0 Å². The van der Waals surface area contributed by atoms with Gasteiger partial charge in [0.1, 0.15) is 0 Å². The molecule has 22 heavy (non-hydrogen) atoms. The molecule has 2 unspecified atom stereocenters. The largest absolute Gasteiger partial charge is 0.349 e. The van der Waals surface area contributed by atoms with E-state index in [9.17, 15) is 4.79 Å². The van der Waals surface area contributed by atoms with Crippen LogP contribution in [0.5, 0.6) is 0 Å². The van der Waals surface area contributed by atoms with Gasteiger partial charge in [0, 0.05) is 24.9 Å². The van der Waals surface area contributed by atoms with Crippen molar-refractivity contribution in [3.8, 4) is 5.69 Å². The Balaban J connectivity index is 0.00000242. The van der Waals surface area contributed by atoms with Gasteiger partial charge in [-0.2, -0.15) is 5.10 Å². The fourth-order valence-corrected chi connectivity index (χ4v) is 2.31. The van der Waals surface area contributed by atoms with Crippen molar-refractivity contribution >= 4 is 18.3 Å². The van der Waals surface area contributed by atoms with Crippen LogP contribution in [0.2, 0.25) is 0 Å². The van der Waals surface area contributed by atoms with Gasteiger partial charge in [-0.1, -0.05) is 25.1 Å². The highest BCUT2D eigenvalue weighted by Gasteiger charge is 2.17. The molecule has 0 aliphatic carbocycles. The number of hydrogen-bond acceptors (Lipinski definition) is 3. The van der Waals surface area contributed by atoms with Gasteiger partial charge in [-0.25, -0.2) is 4.68 Å². The zero-order valence-electron chi connectivity index (χ0n) is 13.1. The molecule has 1 aromatic heterocycles. The van der Waals surface area contributed by atoms with E-state index in [0.717, 1.165) is 11.3 Å². The van der Waals surface area contributed by atoms with Crippen molar-refractivity contribution in [2.75, 3.05) is 13.6 Å². The molecule has 0 bridgehead atoms. The third-order valence-electron chi connectivity index (χ3n) is 3.47. The van der Waals surface area contributed by atoms with Crippen molar-refractivity contribution in [1.82, 2.24) is 20.4 Å². The van der Waals surface area contributed by atoms with Crippen LogP contribution in [0.15, 0.2) is 42.7 Å². The SMILES string of the molecule is CNCC(C)C(=O)NC(C)c1ccccc1-n1cccn1.Cl. The Hall–Kier alpha value is -1.85. The van der Waals surface area contributed by atoms with Gasteiger partial charge in [0.2, 0.25) is 5.91 Å². The van der Waals surface area contributed by atoms with Gasteiger partial charge in [0.15, 0.2) is 0 Å². The quantitative estimate of drug-likeness (QED) is 0.858. The van der Waals surface area contributed by atoms with Crippen LogP contribution in [0.4, 0.5) is 0 Å². The summed E-state index contributed by atoms with van der Waals surface area (Å²) in [6.45, 7) is 4.57. The molecular weight excluding hydrogens is 300 g/mol. The van der Waals surface area contributed by atoms with Crippen LogP contribution in [-0.4, -0.2) is 29.3 Å². The first-order valence-corrected chi connectivity index (χ1v) is 7.17. The fourth-order valence-electron chi connectivity index (χ4n) is 2.31. The molecule has 6 heteroatoms. The standard InChI is InChI=1S/C16H22N4O.ClH/c1-12(11-17-3)16(21)19-13(2)14-7-4-5-8-15(14)20-10-6-9-18-20;/h4-10,12-13,17H,11H2,1-3H3,(H,19,21);1H. The number of halogens is 1. The maximum atomic E-state index is 12.1. The molecule has 0 aliphatic rings. The molecule has 5 nitrogen and oxygen atoms in total. The average molecular weight is 323 g/mol. The predicted octanol–water partition coefficient (Wildman–Crippen LogP) is 2.33. The third kappa shape index (κ3) is 4.32. The average Bonchev–Trinajstić information content (AvgIpc) is 3.01. The molecule has 120 valence electrons. The van der Waals surface area contributed by atoms with Crippen LogP contribution in [-0.2, 0) is 4.79 Å². The van der Waals surface area contributed by atoms with E-state index in [2.05, 4.69) is 15.7 Å². The zero-order valence-corrected chi connectivity index (χ0v) is 13.9. The second-order valence-electron chi connectivity index (χ2n) is 5.20. The van der Waals surface area contributed by atoms with Crippen molar-refractivity contribution in [1.29, 1.82) is 0 Å². The van der Waals surface area contributed by atoms with Crippen molar-refractivity contribution in [2.24, 2.45) is 5.92 Å². The summed E-state index contributed by atoms with van der Waals surface area (Å²) in [5.74, 6) is -0.0126. The number of nitrogens with zero attached hydrogens (tertiary/aromatic N) is 2. The summed E-state index contributed by atoms with van der Waals surface area (Å²) in [5.41, 5.74) is 2.03. The molecule has 1 heterocycles. The zero-order chi connectivity index (χ0) is 15.2. The topological polar surface area (TPSA) is 59.0 Å². The van der Waals surface area contributed by atoms with E-state index >= 15 is 0 Å². The maximum Gasteiger partial charge on any atom is 0.224 e. The molecule has 0 fully saturated rings. The highest BCUT2D eigenvalue weighted by atomic mass is 35.5. The van der Waals surface area contributed by atoms with Gasteiger partial charge >= 0.3 is 0 Å². The van der Waals surface area contributed by atoms with Crippen molar-refractivity contribution in [3.05, 3.63) is 48.3 Å². The van der Waals surface area contributed by atoms with Crippen LogP contribution in [0.25, 0.3) is 5.69 Å². The number of amides is 1. The van der Waals surface area contributed by atoms with E-state index in [4.69, 9.17) is 0 Å². The van der Waals surface area contributed by atoms with Crippen LogP contribution in [0.1, 0.15) is 25.5 Å². The van der Waals surface area contributed by atoms with Crippen LogP contribution in [0, 0.1) is 5.92 Å². The Morgan fingerprint density at radius 3 is 2.64 bits per heavy atom. The minimum absolute atomic E-state index is 0. The number of benzene rings is 1. The van der Waals surface area contributed by atoms with E-state index in [-0.39, 0.29) is 30.3 Å². The van der Waals surface area contributed by atoms with Gasteiger partial charge in [-0.15, -0.1) is 12.4 Å². The lowest BCUT2D eigenvalue weighted by Crippen LogP contribution is -2.36. The lowest BCUT2D eigenvalue weighted by molar-refractivity contribution is -0.125. The monoisotopic (exact) mass is 322 g/mol. The van der Waals surface area contributed by atoms with Crippen molar-refractivity contribution < 1.29 is 4.79 Å². The number of rotatable bonds is 6. The molecule has 1 amide bonds. The minimum atomic E-state index is -0.0720. The molecule has 2 aromatic rings. The lowest BCUT2D eigenvalue weighted by atomic mass is 10.0. The minimum Gasteiger partial charge on any atom is -0.349 e. The summed E-state index contributed by atoms with van der Waals surface area (Å²) in [7, 11) is 1.85. The maximum absolute atomic E-state index is 12.1. The Morgan fingerprint density at radius 2 is 2.00 bits per heavy atom. The fraction of sp³-hybridized carbons (Fsp3) is 0.375. The highest BCUT2D eigenvalue weighted by molar-refractivity contribution is 5.85. The first-order valence-electron chi connectivity index (χ1n) is 7.17. The van der Waals surface area contributed by atoms with Gasteiger partial charge in [0.25, 0.3) is 0 Å². The molecule has 0 aliphatic heterocycles. The highest BCUT2D eigenvalue weighted by Crippen LogP contribution is 2.21. The molecule has 0 spiro atoms. The smallest absolute Gasteiger partial charge is 0.224 e. The summed E-state index contributed by atoms with van der Waals surface area (Å²) in [4.78, 5) is 12.1. The number of para-hydroxylation sites is 1. The number of carbonyl (C=O) groups is 1. The number of hydrogen-bond donors (Lipinski definition) is 2. The summed E-state index contributed by atoms with van der Waals surface area (Å²) < 4.78 is 1.81. The Labute approximate surface area is 137 Å². The van der Waals surface area contributed by atoms with E-state index in [1.807, 2.05) is 62.1 Å². The second kappa shape index (κ2) is 8.56. The van der Waals surface area contributed by atoms with E-state index in [0.29, 0.717) is 6.54 Å². The van der Waals surface area contributed by atoms with Crippen LogP contribution >= 0.6 is 12.4 Å². The van der Waals surface area contributed by atoms with Gasteiger partial charge in [-0.05, 0) is 31.7 Å². The van der Waals surface area contributed by atoms with Crippen molar-refractivity contribution in [2.45, 2.75) is 19.9 Å². The second-order valence-corrected chi connectivity index (χ2v) is 5.20. The summed E-state index contributed by atoms with van der Waals surface area (Å²) in [6, 6.07) is 9.78.